The molecule has 2 aromatic rings. The molecule has 0 fully saturated rings. The van der Waals surface area contributed by atoms with Gasteiger partial charge in [0.15, 0.2) is 23.3 Å². The van der Waals surface area contributed by atoms with E-state index < -0.39 is 51.6 Å². The summed E-state index contributed by atoms with van der Waals surface area (Å²) < 4.78 is 70.9. The van der Waals surface area contributed by atoms with Crippen LogP contribution in [0.1, 0.15) is 10.4 Å². The first kappa shape index (κ1) is 19.7. The number of rotatable bonds is 5. The van der Waals surface area contributed by atoms with E-state index in [2.05, 4.69) is 10.1 Å². The van der Waals surface area contributed by atoms with Gasteiger partial charge in [0.05, 0.1) is 29.0 Å². The molecule has 0 spiro atoms. The summed E-state index contributed by atoms with van der Waals surface area (Å²) in [6.07, 6.45) is 0. The minimum absolute atomic E-state index is 0.0320. The van der Waals surface area contributed by atoms with Gasteiger partial charge in [0, 0.05) is 0 Å². The zero-order valence-corrected chi connectivity index (χ0v) is 13.9. The third-order valence-electron chi connectivity index (χ3n) is 3.12. The number of carbonyl (C=O) groups is 2. The van der Waals surface area contributed by atoms with Gasteiger partial charge in [-0.1, -0.05) is 12.1 Å². The Labute approximate surface area is 148 Å². The monoisotopic (exact) mass is 391 g/mol. The number of benzene rings is 2. The number of amides is 1. The summed E-state index contributed by atoms with van der Waals surface area (Å²) in [5.41, 5.74) is 0.104. The Bertz CT molecular complexity index is 846. The molecular weight excluding hydrogens is 381 g/mol. The van der Waals surface area contributed by atoms with Crippen molar-refractivity contribution in [3.63, 3.8) is 0 Å². The normalized spacial score (nSPS) is 10.5. The van der Waals surface area contributed by atoms with Crippen LogP contribution in [-0.4, -0.2) is 24.7 Å². The summed E-state index contributed by atoms with van der Waals surface area (Å²) in [4.78, 5) is 22.3. The highest BCUT2D eigenvalue weighted by Crippen LogP contribution is 2.31. The van der Waals surface area contributed by atoms with E-state index in [0.29, 0.717) is 0 Å². The number of esters is 1. The second-order valence-corrected chi connectivity index (χ2v) is 5.76. The predicted octanol–water partition coefficient (Wildman–Crippen LogP) is 3.90. The first-order chi connectivity index (χ1) is 12.3. The maximum atomic E-state index is 13.6. The van der Waals surface area contributed by atoms with Crippen molar-refractivity contribution < 1.29 is 36.3 Å². The lowest BCUT2D eigenvalue weighted by Gasteiger charge is -2.10. The Morgan fingerprint density at radius 1 is 0.962 bits per heavy atom. The summed E-state index contributed by atoms with van der Waals surface area (Å²) in [6.45, 7) is 0. The summed E-state index contributed by atoms with van der Waals surface area (Å²) in [5.74, 6) is -12.7. The molecule has 0 saturated carbocycles. The summed E-state index contributed by atoms with van der Waals surface area (Å²) in [6, 6.07) is 5.79. The fraction of sp³-hybridized carbons (Fsp3) is 0.125. The molecule has 0 radical (unpaired) electrons. The molecule has 26 heavy (non-hydrogen) atoms. The Morgan fingerprint density at radius 3 is 2.08 bits per heavy atom. The molecule has 2 rings (SSSR count). The van der Waals surface area contributed by atoms with E-state index in [1.807, 2.05) is 0 Å². The van der Waals surface area contributed by atoms with Crippen molar-refractivity contribution in [2.75, 3.05) is 18.2 Å². The van der Waals surface area contributed by atoms with E-state index in [4.69, 9.17) is 0 Å². The van der Waals surface area contributed by atoms with Gasteiger partial charge < -0.3 is 10.1 Å². The van der Waals surface area contributed by atoms with Gasteiger partial charge in [-0.15, -0.1) is 11.8 Å². The largest absolute Gasteiger partial charge is 0.465 e. The van der Waals surface area contributed by atoms with E-state index in [9.17, 15) is 31.5 Å². The van der Waals surface area contributed by atoms with Crippen molar-refractivity contribution in [2.24, 2.45) is 0 Å². The van der Waals surface area contributed by atoms with Crippen molar-refractivity contribution in [3.05, 3.63) is 58.9 Å². The second kappa shape index (κ2) is 8.17. The van der Waals surface area contributed by atoms with Crippen LogP contribution in [0.15, 0.2) is 29.2 Å². The van der Waals surface area contributed by atoms with Crippen LogP contribution < -0.4 is 5.32 Å². The fourth-order valence-corrected chi connectivity index (χ4v) is 2.70. The number of para-hydroxylation sites is 1. The zero-order valence-electron chi connectivity index (χ0n) is 13.0. The molecule has 0 aliphatic heterocycles. The molecule has 0 heterocycles. The lowest BCUT2D eigenvalue weighted by Crippen LogP contribution is -2.17. The molecule has 4 nitrogen and oxygen atoms in total. The Kier molecular flexibility index (Phi) is 6.19. The van der Waals surface area contributed by atoms with Crippen molar-refractivity contribution in [2.45, 2.75) is 4.90 Å². The lowest BCUT2D eigenvalue weighted by molar-refractivity contribution is -0.113. The molecular formula is C16H10F5NO3S. The van der Waals surface area contributed by atoms with Gasteiger partial charge in [-0.05, 0) is 12.1 Å². The first-order valence-corrected chi connectivity index (χ1v) is 7.87. The smallest absolute Gasteiger partial charge is 0.339 e. The van der Waals surface area contributed by atoms with E-state index in [1.54, 1.807) is 0 Å². The van der Waals surface area contributed by atoms with Crippen molar-refractivity contribution >= 4 is 29.3 Å². The van der Waals surface area contributed by atoms with E-state index in [0.717, 1.165) is 7.11 Å². The SMILES string of the molecule is COC(=O)c1ccccc1NC(=O)CSc1c(F)c(F)c(F)c(F)c1F. The molecule has 0 aliphatic rings. The molecule has 0 unspecified atom stereocenters. The van der Waals surface area contributed by atoms with E-state index in [1.165, 1.54) is 24.3 Å². The highest BCUT2D eigenvalue weighted by atomic mass is 32.2. The average Bonchev–Trinajstić information content (AvgIpc) is 2.64. The molecule has 0 bridgehead atoms. The number of methoxy groups -OCH3 is 1. The van der Waals surface area contributed by atoms with Crippen LogP contribution >= 0.6 is 11.8 Å². The quantitative estimate of drug-likeness (QED) is 0.276. The maximum Gasteiger partial charge on any atom is 0.339 e. The molecule has 0 aliphatic carbocycles. The molecule has 0 saturated heterocycles. The second-order valence-electron chi connectivity index (χ2n) is 4.77. The van der Waals surface area contributed by atoms with Gasteiger partial charge in [0.1, 0.15) is 0 Å². The Balaban J connectivity index is 2.16. The minimum atomic E-state index is -2.28. The van der Waals surface area contributed by atoms with Gasteiger partial charge in [0.25, 0.3) is 0 Å². The summed E-state index contributed by atoms with van der Waals surface area (Å²) >= 11 is 0.133. The van der Waals surface area contributed by atoms with Crippen LogP contribution in [0.4, 0.5) is 27.6 Å². The van der Waals surface area contributed by atoms with Crippen LogP contribution in [0, 0.1) is 29.1 Å². The molecule has 10 heteroatoms. The van der Waals surface area contributed by atoms with E-state index >= 15 is 0 Å². The van der Waals surface area contributed by atoms with Gasteiger partial charge in [-0.25, -0.2) is 26.7 Å². The molecule has 2 aromatic carbocycles. The third kappa shape index (κ3) is 3.96. The number of nitrogens with one attached hydrogen (secondary N) is 1. The highest BCUT2D eigenvalue weighted by Gasteiger charge is 2.26. The minimum Gasteiger partial charge on any atom is -0.465 e. The number of thioether (sulfide) groups is 1. The van der Waals surface area contributed by atoms with Crippen LogP contribution in [0.5, 0.6) is 0 Å². The highest BCUT2D eigenvalue weighted by molar-refractivity contribution is 8.00. The summed E-state index contributed by atoms with van der Waals surface area (Å²) in [5, 5.41) is 2.31. The van der Waals surface area contributed by atoms with Gasteiger partial charge in [-0.3, -0.25) is 4.79 Å². The molecule has 0 atom stereocenters. The predicted molar refractivity (Wildman–Crippen MR) is 83.4 cm³/mol. The number of ether oxygens (including phenoxy) is 1. The number of anilines is 1. The standard InChI is InChI=1S/C16H10F5NO3S/c1-25-16(24)7-4-2-3-5-8(7)22-9(23)6-26-15-13(20)11(18)10(17)12(19)14(15)21/h2-5H,6H2,1H3,(H,22,23). The maximum absolute atomic E-state index is 13.6. The number of carbonyl (C=O) groups excluding carboxylic acids is 2. The fourth-order valence-electron chi connectivity index (χ4n) is 1.92. The van der Waals surface area contributed by atoms with E-state index in [-0.39, 0.29) is 23.0 Å². The number of hydrogen-bond donors (Lipinski definition) is 1. The third-order valence-corrected chi connectivity index (χ3v) is 4.18. The molecule has 138 valence electrons. The average molecular weight is 391 g/mol. The van der Waals surface area contributed by atoms with Crippen LogP contribution in [0.2, 0.25) is 0 Å². The summed E-state index contributed by atoms with van der Waals surface area (Å²) in [7, 11) is 1.14. The zero-order chi connectivity index (χ0) is 19.4. The Morgan fingerprint density at radius 2 is 1.50 bits per heavy atom. The first-order valence-electron chi connectivity index (χ1n) is 6.89. The van der Waals surface area contributed by atoms with Gasteiger partial charge >= 0.3 is 5.97 Å². The topological polar surface area (TPSA) is 55.4 Å². The van der Waals surface area contributed by atoms with Crippen LogP contribution in [-0.2, 0) is 9.53 Å². The number of hydrogen-bond acceptors (Lipinski definition) is 4. The van der Waals surface area contributed by atoms with Crippen LogP contribution in [0.3, 0.4) is 0 Å². The van der Waals surface area contributed by atoms with Gasteiger partial charge in [-0.2, -0.15) is 0 Å². The van der Waals surface area contributed by atoms with Crippen molar-refractivity contribution in [1.82, 2.24) is 0 Å². The Hall–Kier alpha value is -2.62. The number of halogens is 5. The van der Waals surface area contributed by atoms with Gasteiger partial charge in [0.2, 0.25) is 11.7 Å². The van der Waals surface area contributed by atoms with Crippen LogP contribution in [0.25, 0.3) is 0 Å². The molecule has 1 amide bonds. The lowest BCUT2D eigenvalue weighted by atomic mass is 10.2. The molecule has 0 aromatic heterocycles. The van der Waals surface area contributed by atoms with Crippen molar-refractivity contribution in [1.29, 1.82) is 0 Å². The molecule has 1 N–H and O–H groups in total. The van der Waals surface area contributed by atoms with Crippen molar-refractivity contribution in [3.8, 4) is 0 Å².